The van der Waals surface area contributed by atoms with Crippen molar-refractivity contribution in [1.29, 1.82) is 0 Å². The summed E-state index contributed by atoms with van der Waals surface area (Å²) in [5.41, 5.74) is 0.845. The van der Waals surface area contributed by atoms with Gasteiger partial charge in [0.25, 0.3) is 10.0 Å². The molecule has 0 aliphatic carbocycles. The van der Waals surface area contributed by atoms with E-state index in [-0.39, 0.29) is 16.3 Å². The van der Waals surface area contributed by atoms with Crippen molar-refractivity contribution in [2.24, 2.45) is 0 Å². The molecule has 0 fully saturated rings. The molecule has 2 aromatic heterocycles. The lowest BCUT2D eigenvalue weighted by molar-refractivity contribution is 0.430. The van der Waals surface area contributed by atoms with Gasteiger partial charge in [0.05, 0.1) is 5.69 Å². The van der Waals surface area contributed by atoms with Gasteiger partial charge in [-0.25, -0.2) is 13.1 Å². The van der Waals surface area contributed by atoms with E-state index in [2.05, 4.69) is 14.9 Å². The van der Waals surface area contributed by atoms with Gasteiger partial charge in [0, 0.05) is 17.8 Å². The van der Waals surface area contributed by atoms with Gasteiger partial charge in [-0.2, -0.15) is 0 Å². The van der Waals surface area contributed by atoms with Crippen LogP contribution < -0.4 is 10.3 Å². The number of anilines is 1. The number of sulfonamides is 1. The van der Waals surface area contributed by atoms with E-state index in [9.17, 15) is 13.2 Å². The highest BCUT2D eigenvalue weighted by Crippen LogP contribution is 2.20. The van der Waals surface area contributed by atoms with E-state index in [4.69, 9.17) is 4.52 Å². The molecule has 2 rings (SSSR count). The van der Waals surface area contributed by atoms with Crippen LogP contribution in [0.3, 0.4) is 0 Å². The normalized spacial score (nSPS) is 11.4. The van der Waals surface area contributed by atoms with Gasteiger partial charge in [-0.15, -0.1) is 0 Å². The first-order valence-electron chi connectivity index (χ1n) is 5.04. The molecule has 18 heavy (non-hydrogen) atoms. The number of nitrogens with one attached hydrogen (secondary N) is 2. The second kappa shape index (κ2) is 4.30. The van der Waals surface area contributed by atoms with Gasteiger partial charge in [-0.1, -0.05) is 5.16 Å². The summed E-state index contributed by atoms with van der Waals surface area (Å²) in [5, 5.41) is 3.65. The van der Waals surface area contributed by atoms with E-state index < -0.39 is 10.0 Å². The SMILES string of the molecule is Cc1noc(NS(=O)(=O)c2ccc(=O)[nH]c2)c1C. The molecular weight excluding hydrogens is 258 g/mol. The summed E-state index contributed by atoms with van der Waals surface area (Å²) in [4.78, 5) is 13.1. The molecule has 2 N–H and O–H groups in total. The van der Waals surface area contributed by atoms with Crippen molar-refractivity contribution in [3.05, 3.63) is 39.9 Å². The molecule has 7 nitrogen and oxygen atoms in total. The van der Waals surface area contributed by atoms with E-state index in [0.717, 1.165) is 12.3 Å². The standard InChI is InChI=1S/C10H11N3O4S/c1-6-7(2)12-17-10(6)13-18(15,16)8-3-4-9(14)11-5-8/h3-5,13H,1-2H3,(H,11,14). The van der Waals surface area contributed by atoms with Crippen LogP contribution in [0.2, 0.25) is 0 Å². The minimum absolute atomic E-state index is 0.0597. The summed E-state index contributed by atoms with van der Waals surface area (Å²) in [5.74, 6) is 0.0682. The average Bonchev–Trinajstić information content (AvgIpc) is 2.61. The number of aromatic nitrogens is 2. The molecule has 0 aromatic carbocycles. The van der Waals surface area contributed by atoms with Crippen LogP contribution >= 0.6 is 0 Å². The summed E-state index contributed by atoms with van der Waals surface area (Å²) < 4.78 is 31.0. The molecule has 0 aliphatic heterocycles. The number of H-pyrrole nitrogens is 1. The summed E-state index contributed by atoms with van der Waals surface area (Å²) in [6.45, 7) is 3.40. The van der Waals surface area contributed by atoms with Crippen LogP contribution in [0.25, 0.3) is 0 Å². The topological polar surface area (TPSA) is 105 Å². The molecule has 0 saturated carbocycles. The van der Waals surface area contributed by atoms with E-state index in [0.29, 0.717) is 11.3 Å². The van der Waals surface area contributed by atoms with Crippen molar-refractivity contribution < 1.29 is 12.9 Å². The van der Waals surface area contributed by atoms with Gasteiger partial charge < -0.3 is 9.51 Å². The second-order valence-corrected chi connectivity index (χ2v) is 5.40. The monoisotopic (exact) mass is 269 g/mol. The lowest BCUT2D eigenvalue weighted by Gasteiger charge is -2.04. The largest absolute Gasteiger partial charge is 0.337 e. The average molecular weight is 269 g/mol. The number of hydrogen-bond donors (Lipinski definition) is 2. The third-order valence-corrected chi connectivity index (χ3v) is 3.78. The van der Waals surface area contributed by atoms with Crippen LogP contribution in [0.1, 0.15) is 11.3 Å². The Morgan fingerprint density at radius 1 is 1.33 bits per heavy atom. The smallest absolute Gasteiger partial charge is 0.265 e. The quantitative estimate of drug-likeness (QED) is 0.856. The Kier molecular flexibility index (Phi) is 2.95. The number of nitrogens with zero attached hydrogens (tertiary/aromatic N) is 1. The van der Waals surface area contributed by atoms with Crippen molar-refractivity contribution >= 4 is 15.9 Å². The van der Waals surface area contributed by atoms with Gasteiger partial charge in [0.1, 0.15) is 4.90 Å². The maximum Gasteiger partial charge on any atom is 0.265 e. The summed E-state index contributed by atoms with van der Waals surface area (Å²) in [7, 11) is -3.79. The van der Waals surface area contributed by atoms with Crippen LogP contribution in [0.5, 0.6) is 0 Å². The second-order valence-electron chi connectivity index (χ2n) is 3.72. The van der Waals surface area contributed by atoms with Crippen LogP contribution in [0.15, 0.2) is 32.5 Å². The Balaban J connectivity index is 2.36. The van der Waals surface area contributed by atoms with E-state index in [1.165, 1.54) is 6.07 Å². The van der Waals surface area contributed by atoms with Gasteiger partial charge in [0.2, 0.25) is 11.4 Å². The number of pyridine rings is 1. The number of rotatable bonds is 3. The molecule has 0 radical (unpaired) electrons. The third-order valence-electron chi connectivity index (χ3n) is 2.45. The fraction of sp³-hybridized carbons (Fsp3) is 0.200. The minimum atomic E-state index is -3.79. The molecule has 0 unspecified atom stereocenters. The highest BCUT2D eigenvalue weighted by Gasteiger charge is 2.19. The molecule has 96 valence electrons. The maximum absolute atomic E-state index is 12.0. The Morgan fingerprint density at radius 2 is 2.06 bits per heavy atom. The first kappa shape index (κ1) is 12.4. The Hall–Kier alpha value is -2.09. The summed E-state index contributed by atoms with van der Waals surface area (Å²) >= 11 is 0. The number of aryl methyl sites for hydroxylation is 1. The van der Waals surface area contributed by atoms with Crippen molar-refractivity contribution in [3.8, 4) is 0 Å². The predicted molar refractivity (Wildman–Crippen MR) is 63.8 cm³/mol. The summed E-state index contributed by atoms with van der Waals surface area (Å²) in [6.07, 6.45) is 1.11. The molecule has 2 aromatic rings. The molecule has 0 aliphatic rings. The lowest BCUT2D eigenvalue weighted by atomic mass is 10.3. The predicted octanol–water partition coefficient (Wildman–Crippen LogP) is 0.781. The van der Waals surface area contributed by atoms with Gasteiger partial charge in [-0.05, 0) is 19.9 Å². The minimum Gasteiger partial charge on any atom is -0.337 e. The van der Waals surface area contributed by atoms with E-state index >= 15 is 0 Å². The van der Waals surface area contributed by atoms with Crippen molar-refractivity contribution in [2.45, 2.75) is 18.7 Å². The van der Waals surface area contributed by atoms with Crippen LogP contribution in [0.4, 0.5) is 5.88 Å². The molecule has 0 spiro atoms. The molecule has 0 bridgehead atoms. The molecule has 0 amide bonds. The molecule has 2 heterocycles. The molecular formula is C10H11N3O4S. The van der Waals surface area contributed by atoms with Crippen LogP contribution in [-0.4, -0.2) is 18.6 Å². The van der Waals surface area contributed by atoms with E-state index in [1.807, 2.05) is 0 Å². The molecule has 8 heteroatoms. The fourth-order valence-corrected chi connectivity index (χ4v) is 2.27. The zero-order valence-corrected chi connectivity index (χ0v) is 10.5. The zero-order valence-electron chi connectivity index (χ0n) is 9.72. The first-order chi connectivity index (χ1) is 8.40. The first-order valence-corrected chi connectivity index (χ1v) is 6.53. The Morgan fingerprint density at radius 3 is 2.56 bits per heavy atom. The third kappa shape index (κ3) is 2.28. The van der Waals surface area contributed by atoms with E-state index in [1.54, 1.807) is 13.8 Å². The van der Waals surface area contributed by atoms with Gasteiger partial charge in [0.15, 0.2) is 0 Å². The highest BCUT2D eigenvalue weighted by molar-refractivity contribution is 7.92. The Bertz CT molecular complexity index is 709. The van der Waals surface area contributed by atoms with Gasteiger partial charge in [-0.3, -0.25) is 4.79 Å². The summed E-state index contributed by atoms with van der Waals surface area (Å²) in [6, 6.07) is 2.34. The van der Waals surface area contributed by atoms with Gasteiger partial charge >= 0.3 is 0 Å². The zero-order chi connectivity index (χ0) is 13.3. The van der Waals surface area contributed by atoms with Crippen molar-refractivity contribution in [2.75, 3.05) is 4.72 Å². The number of aromatic amines is 1. The Labute approximate surface area is 103 Å². The maximum atomic E-state index is 12.0. The number of hydrogen-bond acceptors (Lipinski definition) is 5. The molecule has 0 saturated heterocycles. The molecule has 0 atom stereocenters. The van der Waals surface area contributed by atoms with Crippen LogP contribution in [0, 0.1) is 13.8 Å². The van der Waals surface area contributed by atoms with Crippen LogP contribution in [-0.2, 0) is 10.0 Å². The fourth-order valence-electron chi connectivity index (χ4n) is 1.25. The van der Waals surface area contributed by atoms with Crippen molar-refractivity contribution in [1.82, 2.24) is 10.1 Å². The van der Waals surface area contributed by atoms with Crippen molar-refractivity contribution in [3.63, 3.8) is 0 Å². The highest BCUT2D eigenvalue weighted by atomic mass is 32.2. The lowest BCUT2D eigenvalue weighted by Crippen LogP contribution is -2.15.